The molecule has 0 spiro atoms. The lowest BCUT2D eigenvalue weighted by Gasteiger charge is -2.35. The molecular weight excluding hydrogens is 381 g/mol. The van der Waals surface area contributed by atoms with E-state index < -0.39 is 0 Å². The molecule has 0 radical (unpaired) electrons. The summed E-state index contributed by atoms with van der Waals surface area (Å²) in [4.78, 5) is 20.6. The van der Waals surface area contributed by atoms with E-state index in [-0.39, 0.29) is 11.7 Å². The zero-order chi connectivity index (χ0) is 21.3. The number of aromatic nitrogens is 1. The van der Waals surface area contributed by atoms with Crippen LogP contribution >= 0.6 is 0 Å². The number of carbonyl (C=O) groups is 1. The Morgan fingerprint density at radius 2 is 1.87 bits per heavy atom. The fourth-order valence-electron chi connectivity index (χ4n) is 4.05. The molecule has 0 atom stereocenters. The van der Waals surface area contributed by atoms with Gasteiger partial charge >= 0.3 is 0 Å². The SMILES string of the molecule is CCOc1cc2[nH]ccc2cc1C(=O)N1CCN(Cc2cc(C)c(F)cc2C)CC1. The van der Waals surface area contributed by atoms with Crippen molar-refractivity contribution in [3.05, 3.63) is 64.6 Å². The number of aryl methyl sites for hydroxylation is 2. The summed E-state index contributed by atoms with van der Waals surface area (Å²) in [5, 5.41) is 1.00. The van der Waals surface area contributed by atoms with Crippen LogP contribution in [0, 0.1) is 19.7 Å². The summed E-state index contributed by atoms with van der Waals surface area (Å²) in [7, 11) is 0. The van der Waals surface area contributed by atoms with Gasteiger partial charge in [0.1, 0.15) is 11.6 Å². The number of piperazine rings is 1. The molecule has 2 heterocycles. The molecule has 0 bridgehead atoms. The molecule has 1 fully saturated rings. The Balaban J connectivity index is 1.45. The first-order valence-corrected chi connectivity index (χ1v) is 10.5. The van der Waals surface area contributed by atoms with Gasteiger partial charge in [-0.2, -0.15) is 0 Å². The topological polar surface area (TPSA) is 48.6 Å². The molecule has 0 saturated carbocycles. The van der Waals surface area contributed by atoms with Crippen LogP contribution in [0.4, 0.5) is 4.39 Å². The lowest BCUT2D eigenvalue weighted by molar-refractivity contribution is 0.0624. The van der Waals surface area contributed by atoms with Crippen LogP contribution < -0.4 is 4.74 Å². The van der Waals surface area contributed by atoms with Crippen LogP contribution in [0.1, 0.15) is 34.0 Å². The number of benzene rings is 2. The number of nitrogens with one attached hydrogen (secondary N) is 1. The Kier molecular flexibility index (Phi) is 5.77. The minimum absolute atomic E-state index is 0.00927. The summed E-state index contributed by atoms with van der Waals surface area (Å²) >= 11 is 0. The van der Waals surface area contributed by atoms with Gasteiger partial charge in [0.2, 0.25) is 0 Å². The number of halogens is 1. The smallest absolute Gasteiger partial charge is 0.257 e. The molecule has 1 amide bonds. The van der Waals surface area contributed by atoms with Crippen molar-refractivity contribution >= 4 is 16.8 Å². The van der Waals surface area contributed by atoms with Gasteiger partial charge in [0, 0.05) is 55.9 Å². The van der Waals surface area contributed by atoms with Crippen molar-refractivity contribution in [2.75, 3.05) is 32.8 Å². The first-order valence-electron chi connectivity index (χ1n) is 10.5. The lowest BCUT2D eigenvalue weighted by Crippen LogP contribution is -2.48. The van der Waals surface area contributed by atoms with E-state index >= 15 is 0 Å². The highest BCUT2D eigenvalue weighted by molar-refractivity contribution is 6.01. The normalized spacial score (nSPS) is 15.0. The van der Waals surface area contributed by atoms with Crippen LogP contribution in [0.3, 0.4) is 0 Å². The number of hydrogen-bond donors (Lipinski definition) is 1. The number of carbonyl (C=O) groups excluding carboxylic acids is 1. The van der Waals surface area contributed by atoms with E-state index in [1.807, 2.05) is 49.2 Å². The second kappa shape index (κ2) is 8.48. The van der Waals surface area contributed by atoms with E-state index in [4.69, 9.17) is 4.74 Å². The van der Waals surface area contributed by atoms with Gasteiger partial charge in [0.25, 0.3) is 5.91 Å². The zero-order valence-electron chi connectivity index (χ0n) is 17.8. The number of nitrogens with zero attached hydrogens (tertiary/aromatic N) is 2. The van der Waals surface area contributed by atoms with Crippen molar-refractivity contribution in [1.82, 2.24) is 14.8 Å². The summed E-state index contributed by atoms with van der Waals surface area (Å²) < 4.78 is 19.5. The standard InChI is InChI=1S/C24H28FN3O2/c1-4-30-23-14-22-18(5-6-26-22)13-20(23)24(29)28-9-7-27(8-10-28)15-19-11-17(3)21(25)12-16(19)2/h5-6,11-14,26H,4,7-10,15H2,1-3H3. The zero-order valence-corrected chi connectivity index (χ0v) is 17.8. The maximum atomic E-state index is 13.7. The average Bonchev–Trinajstić information content (AvgIpc) is 3.19. The highest BCUT2D eigenvalue weighted by atomic mass is 19.1. The van der Waals surface area contributed by atoms with E-state index in [1.165, 1.54) is 0 Å². The molecule has 4 rings (SSSR count). The van der Waals surface area contributed by atoms with Gasteiger partial charge in [-0.05, 0) is 55.7 Å². The van der Waals surface area contributed by atoms with Crippen LogP contribution in [0.15, 0.2) is 36.5 Å². The fraction of sp³-hybridized carbons (Fsp3) is 0.375. The second-order valence-corrected chi connectivity index (χ2v) is 7.94. The number of aromatic amines is 1. The van der Waals surface area contributed by atoms with Gasteiger partial charge in [-0.3, -0.25) is 9.69 Å². The first kappa shape index (κ1) is 20.4. The molecule has 158 valence electrons. The van der Waals surface area contributed by atoms with Crippen molar-refractivity contribution in [2.45, 2.75) is 27.3 Å². The van der Waals surface area contributed by atoms with E-state index in [2.05, 4.69) is 9.88 Å². The molecule has 1 aliphatic rings. The van der Waals surface area contributed by atoms with Crippen LogP contribution in [0.25, 0.3) is 10.9 Å². The van der Waals surface area contributed by atoms with Gasteiger partial charge < -0.3 is 14.6 Å². The van der Waals surface area contributed by atoms with Crippen molar-refractivity contribution in [3.63, 3.8) is 0 Å². The van der Waals surface area contributed by atoms with Crippen LogP contribution in [0.5, 0.6) is 5.75 Å². The van der Waals surface area contributed by atoms with Crippen molar-refractivity contribution in [1.29, 1.82) is 0 Å². The molecule has 30 heavy (non-hydrogen) atoms. The Morgan fingerprint density at radius 3 is 2.60 bits per heavy atom. The minimum atomic E-state index is -0.156. The molecule has 2 aromatic carbocycles. The van der Waals surface area contributed by atoms with Gasteiger partial charge in [0.15, 0.2) is 0 Å². The van der Waals surface area contributed by atoms with Gasteiger partial charge in [-0.1, -0.05) is 6.07 Å². The predicted octanol–water partition coefficient (Wildman–Crippen LogP) is 4.28. The first-order chi connectivity index (χ1) is 14.5. The summed E-state index contributed by atoms with van der Waals surface area (Å²) in [6.07, 6.45) is 1.87. The molecule has 1 aliphatic heterocycles. The monoisotopic (exact) mass is 409 g/mol. The third-order valence-electron chi connectivity index (χ3n) is 5.85. The average molecular weight is 410 g/mol. The predicted molar refractivity (Wildman–Crippen MR) is 117 cm³/mol. The number of H-pyrrole nitrogens is 1. The molecule has 1 N–H and O–H groups in total. The van der Waals surface area contributed by atoms with Crippen LogP contribution in [0.2, 0.25) is 0 Å². The number of hydrogen-bond acceptors (Lipinski definition) is 3. The Hall–Kier alpha value is -2.86. The van der Waals surface area contributed by atoms with Crippen molar-refractivity contribution in [2.24, 2.45) is 0 Å². The maximum absolute atomic E-state index is 13.7. The molecule has 0 unspecified atom stereocenters. The quantitative estimate of drug-likeness (QED) is 0.684. The third kappa shape index (κ3) is 4.05. The highest BCUT2D eigenvalue weighted by Crippen LogP contribution is 2.27. The van der Waals surface area contributed by atoms with E-state index in [0.717, 1.165) is 41.7 Å². The molecule has 1 saturated heterocycles. The van der Waals surface area contributed by atoms with Gasteiger partial charge in [-0.25, -0.2) is 4.39 Å². The molecule has 1 aromatic heterocycles. The second-order valence-electron chi connectivity index (χ2n) is 7.94. The number of amides is 1. The minimum Gasteiger partial charge on any atom is -0.493 e. The van der Waals surface area contributed by atoms with E-state index in [1.54, 1.807) is 13.0 Å². The Bertz CT molecular complexity index is 1070. The van der Waals surface area contributed by atoms with Gasteiger partial charge in [0.05, 0.1) is 12.2 Å². The highest BCUT2D eigenvalue weighted by Gasteiger charge is 2.25. The van der Waals surface area contributed by atoms with Crippen molar-refractivity contribution in [3.8, 4) is 5.75 Å². The fourth-order valence-corrected chi connectivity index (χ4v) is 4.05. The summed E-state index contributed by atoms with van der Waals surface area (Å²) in [5.74, 6) is 0.475. The molecule has 6 heteroatoms. The number of rotatable bonds is 5. The van der Waals surface area contributed by atoms with Gasteiger partial charge in [-0.15, -0.1) is 0 Å². The Labute approximate surface area is 176 Å². The molecule has 5 nitrogen and oxygen atoms in total. The van der Waals surface area contributed by atoms with E-state index in [0.29, 0.717) is 36.6 Å². The molecule has 3 aromatic rings. The summed E-state index contributed by atoms with van der Waals surface area (Å²) in [6, 6.07) is 9.32. The number of ether oxygens (including phenoxy) is 1. The summed E-state index contributed by atoms with van der Waals surface area (Å²) in [6.45, 7) is 9.85. The van der Waals surface area contributed by atoms with E-state index in [9.17, 15) is 9.18 Å². The maximum Gasteiger partial charge on any atom is 0.257 e. The lowest BCUT2D eigenvalue weighted by atomic mass is 10.0. The van der Waals surface area contributed by atoms with Crippen LogP contribution in [-0.4, -0.2) is 53.5 Å². The summed E-state index contributed by atoms with van der Waals surface area (Å²) in [5.41, 5.74) is 4.36. The third-order valence-corrected chi connectivity index (χ3v) is 5.85. The van der Waals surface area contributed by atoms with Crippen LogP contribution in [-0.2, 0) is 6.54 Å². The Morgan fingerprint density at radius 1 is 1.10 bits per heavy atom. The number of fused-ring (bicyclic) bond motifs is 1. The largest absolute Gasteiger partial charge is 0.493 e. The molecule has 0 aliphatic carbocycles. The van der Waals surface area contributed by atoms with Crippen molar-refractivity contribution < 1.29 is 13.9 Å². The molecular formula is C24H28FN3O2.